The number of isocyanates is 1. The van der Waals surface area contributed by atoms with Crippen LogP contribution in [0.5, 0.6) is 11.5 Å². The molecule has 7 nitrogen and oxygen atoms in total. The normalized spacial score (nSPS) is 38.6. The van der Waals surface area contributed by atoms with Gasteiger partial charge in [0.25, 0.3) is 0 Å². The smallest absolute Gasteiger partial charge is 0.308 e. The molecule has 6 atom stereocenters. The van der Waals surface area contributed by atoms with Gasteiger partial charge < -0.3 is 14.6 Å². The monoisotopic (exact) mass is 535 g/mol. The Morgan fingerprint density at radius 3 is 2.31 bits per heavy atom. The van der Waals surface area contributed by atoms with Gasteiger partial charge in [-0.3, -0.25) is 9.59 Å². The molecular weight excluding hydrogens is 494 g/mol. The number of fused-ring (bicyclic) bond motifs is 7. The first kappa shape index (κ1) is 27.8. The molecule has 0 saturated heterocycles. The maximum absolute atomic E-state index is 12.0. The molecule has 0 radical (unpaired) electrons. The fourth-order valence-corrected chi connectivity index (χ4v) is 9.17. The van der Waals surface area contributed by atoms with E-state index in [2.05, 4.69) is 38.8 Å². The van der Waals surface area contributed by atoms with E-state index >= 15 is 0 Å². The lowest BCUT2D eigenvalue weighted by Crippen LogP contribution is -2.63. The molecule has 3 fully saturated rings. The first-order chi connectivity index (χ1) is 18.1. The summed E-state index contributed by atoms with van der Waals surface area (Å²) in [5.41, 5.74) is 2.71. The van der Waals surface area contributed by atoms with Crippen molar-refractivity contribution in [2.24, 2.45) is 27.2 Å². The number of ether oxygens (including phenoxy) is 2. The maximum atomic E-state index is 12.0. The summed E-state index contributed by atoms with van der Waals surface area (Å²) in [4.78, 5) is 39.0. The van der Waals surface area contributed by atoms with E-state index in [1.807, 2.05) is 13.0 Å². The van der Waals surface area contributed by atoms with Crippen LogP contribution in [0.3, 0.4) is 0 Å². The minimum atomic E-state index is -1.34. The van der Waals surface area contributed by atoms with Gasteiger partial charge in [-0.25, -0.2) is 4.79 Å². The zero-order chi connectivity index (χ0) is 28.6. The molecule has 210 valence electrons. The van der Waals surface area contributed by atoms with Crippen LogP contribution in [-0.2, 0) is 26.2 Å². The van der Waals surface area contributed by atoms with Crippen LogP contribution < -0.4 is 9.47 Å². The van der Waals surface area contributed by atoms with Crippen LogP contribution in [0.15, 0.2) is 22.7 Å². The van der Waals surface area contributed by atoms with Gasteiger partial charge in [0.05, 0.1) is 0 Å². The van der Waals surface area contributed by atoms with E-state index in [1.165, 1.54) is 19.4 Å². The molecule has 1 aromatic rings. The number of esters is 2. The van der Waals surface area contributed by atoms with E-state index in [1.54, 1.807) is 6.08 Å². The molecule has 0 amide bonds. The quantitative estimate of drug-likeness (QED) is 0.167. The number of benzene rings is 1. The number of allylic oxidation sites excluding steroid dienone is 2. The molecule has 5 rings (SSSR count). The Morgan fingerprint density at radius 2 is 1.67 bits per heavy atom. The summed E-state index contributed by atoms with van der Waals surface area (Å²) in [5, 5.41) is 11.2. The molecular formula is C32H41NO6. The molecule has 0 unspecified atom stereocenters. The van der Waals surface area contributed by atoms with Crippen LogP contribution in [0.25, 0.3) is 0 Å². The van der Waals surface area contributed by atoms with Crippen molar-refractivity contribution < 1.29 is 29.0 Å². The lowest BCUT2D eigenvalue weighted by atomic mass is 9.35. The van der Waals surface area contributed by atoms with Crippen LogP contribution in [0.1, 0.15) is 103 Å². The molecule has 4 aliphatic rings. The van der Waals surface area contributed by atoms with Crippen molar-refractivity contribution in [2.75, 3.05) is 0 Å². The number of aliphatic hydroxyl groups is 1. The summed E-state index contributed by atoms with van der Waals surface area (Å²) in [7, 11) is 0. The molecule has 3 saturated carbocycles. The van der Waals surface area contributed by atoms with Crippen LogP contribution in [0.4, 0.5) is 0 Å². The van der Waals surface area contributed by atoms with Crippen molar-refractivity contribution in [2.45, 2.75) is 111 Å². The maximum Gasteiger partial charge on any atom is 0.308 e. The summed E-state index contributed by atoms with van der Waals surface area (Å²) < 4.78 is 11.1. The number of carbonyl (C=O) groups excluding carboxylic acids is 3. The van der Waals surface area contributed by atoms with E-state index in [9.17, 15) is 19.5 Å². The fraction of sp³-hybridized carbons (Fsp3) is 0.656. The topological polar surface area (TPSA) is 102 Å². The first-order valence-corrected chi connectivity index (χ1v) is 14.2. The largest absolute Gasteiger partial charge is 0.423 e. The zero-order valence-corrected chi connectivity index (χ0v) is 24.3. The Hall–Kier alpha value is -2.76. The number of rotatable bonds is 3. The van der Waals surface area contributed by atoms with Gasteiger partial charge in [0.15, 0.2) is 17.2 Å². The Bertz CT molecular complexity index is 1340. The van der Waals surface area contributed by atoms with Crippen molar-refractivity contribution in [3.05, 3.63) is 34.4 Å². The lowest BCUT2D eigenvalue weighted by Gasteiger charge is -2.69. The van der Waals surface area contributed by atoms with Crippen molar-refractivity contribution in [3.8, 4) is 11.5 Å². The summed E-state index contributed by atoms with van der Waals surface area (Å²) >= 11 is 0. The minimum Gasteiger partial charge on any atom is -0.423 e. The van der Waals surface area contributed by atoms with Gasteiger partial charge in [0.2, 0.25) is 6.08 Å². The van der Waals surface area contributed by atoms with Gasteiger partial charge in [-0.2, -0.15) is 4.99 Å². The zero-order valence-electron chi connectivity index (χ0n) is 24.3. The van der Waals surface area contributed by atoms with Gasteiger partial charge in [0, 0.05) is 25.7 Å². The third-order valence-corrected chi connectivity index (χ3v) is 11.5. The second-order valence-electron chi connectivity index (χ2n) is 13.5. The molecule has 39 heavy (non-hydrogen) atoms. The molecule has 1 N–H and O–H groups in total. The molecule has 0 aromatic heterocycles. The standard InChI is InChI=1S/C32H41NO6/c1-19-22-8-9-25-29(5,23(22)16-24(38-20(2)35)27(19)39-21(3)36)12-14-31(7)26-17-32(37,33-18-34)15-11-28(26,4)10-13-30(25,31)6/h9,16,26,37H,8,10-15,17H2,1-7H3/t26-,28+,29+,30-,31+,32+/m1/s1. The van der Waals surface area contributed by atoms with Crippen LogP contribution in [0, 0.1) is 29.1 Å². The third-order valence-electron chi connectivity index (χ3n) is 11.5. The van der Waals surface area contributed by atoms with Crippen molar-refractivity contribution in [1.29, 1.82) is 0 Å². The predicted octanol–water partition coefficient (Wildman–Crippen LogP) is 6.02. The Labute approximate surface area is 231 Å². The van der Waals surface area contributed by atoms with E-state index in [0.29, 0.717) is 25.0 Å². The van der Waals surface area contributed by atoms with Gasteiger partial charge in [0.1, 0.15) is 0 Å². The van der Waals surface area contributed by atoms with Crippen LogP contribution in [-0.4, -0.2) is 28.9 Å². The Kier molecular flexibility index (Phi) is 6.32. The average Bonchev–Trinajstić information content (AvgIpc) is 2.84. The van der Waals surface area contributed by atoms with E-state index in [4.69, 9.17) is 9.47 Å². The molecule has 0 spiro atoms. The highest BCUT2D eigenvalue weighted by Gasteiger charge is 2.67. The minimum absolute atomic E-state index is 0.0811. The second kappa shape index (κ2) is 8.87. The molecule has 0 aliphatic heterocycles. The van der Waals surface area contributed by atoms with Crippen molar-refractivity contribution in [1.82, 2.24) is 0 Å². The van der Waals surface area contributed by atoms with E-state index in [-0.39, 0.29) is 33.3 Å². The number of hydrogen-bond donors (Lipinski definition) is 1. The van der Waals surface area contributed by atoms with Crippen molar-refractivity contribution >= 4 is 18.0 Å². The number of nitrogens with zero attached hydrogens (tertiary/aromatic N) is 1. The summed E-state index contributed by atoms with van der Waals surface area (Å²) in [6.07, 6.45) is 10.5. The van der Waals surface area contributed by atoms with Gasteiger partial charge in [-0.05, 0) is 96.8 Å². The molecule has 1 aromatic carbocycles. The highest BCUT2D eigenvalue weighted by atomic mass is 16.6. The number of carbonyl (C=O) groups is 2. The predicted molar refractivity (Wildman–Crippen MR) is 146 cm³/mol. The third kappa shape index (κ3) is 3.95. The number of aliphatic imine (C=N–C) groups is 1. The van der Waals surface area contributed by atoms with Crippen molar-refractivity contribution in [3.63, 3.8) is 0 Å². The molecule has 4 aliphatic carbocycles. The summed E-state index contributed by atoms with van der Waals surface area (Å²) in [6, 6.07) is 1.92. The van der Waals surface area contributed by atoms with E-state index in [0.717, 1.165) is 48.8 Å². The number of hydrogen-bond acceptors (Lipinski definition) is 7. The second-order valence-corrected chi connectivity index (χ2v) is 13.5. The fourth-order valence-electron chi connectivity index (χ4n) is 9.17. The highest BCUT2D eigenvalue weighted by Crippen LogP contribution is 2.74. The molecule has 0 bridgehead atoms. The highest BCUT2D eigenvalue weighted by molar-refractivity contribution is 5.76. The molecule has 7 heteroatoms. The van der Waals surface area contributed by atoms with Crippen LogP contribution >= 0.6 is 0 Å². The lowest BCUT2D eigenvalue weighted by molar-refractivity contribution is -0.177. The van der Waals surface area contributed by atoms with Crippen LogP contribution in [0.2, 0.25) is 0 Å². The van der Waals surface area contributed by atoms with Gasteiger partial charge in [-0.15, -0.1) is 0 Å². The Balaban J connectivity index is 1.62. The van der Waals surface area contributed by atoms with Gasteiger partial charge >= 0.3 is 11.9 Å². The average molecular weight is 536 g/mol. The van der Waals surface area contributed by atoms with E-state index < -0.39 is 17.7 Å². The Morgan fingerprint density at radius 1 is 1.00 bits per heavy atom. The first-order valence-electron chi connectivity index (χ1n) is 14.2. The SMILES string of the molecule is CC(=O)Oc1cc2c(c(C)c1OC(C)=O)CC=C1[C@@]2(C)CC[C@@]2(C)[C@@H]3C[C@](O)(N=C=O)CC[C@]3(C)CC[C@]12C. The summed E-state index contributed by atoms with van der Waals surface area (Å²) in [6.45, 7) is 14.1. The van der Waals surface area contributed by atoms with Gasteiger partial charge in [-0.1, -0.05) is 39.3 Å². The molecule has 0 heterocycles. The summed E-state index contributed by atoms with van der Waals surface area (Å²) in [5.74, 6) is -0.111.